The third-order valence-corrected chi connectivity index (χ3v) is 4.86. The molecule has 2 N–H and O–H groups in total. The van der Waals surface area contributed by atoms with E-state index >= 15 is 0 Å². The second-order valence-electron chi connectivity index (χ2n) is 4.01. The molecular weight excluding hydrogens is 414 g/mol. The maximum Gasteiger partial charge on any atom is 0.177 e. The maximum absolute atomic E-state index is 14.1. The number of rotatable bonds is 2. The first kappa shape index (κ1) is 13.8. The van der Waals surface area contributed by atoms with E-state index in [0.717, 1.165) is 8.45 Å². The summed E-state index contributed by atoms with van der Waals surface area (Å²) in [6.07, 6.45) is 0. The summed E-state index contributed by atoms with van der Waals surface area (Å²) in [6, 6.07) is 6.39. The Labute approximate surface area is 136 Å². The van der Waals surface area contributed by atoms with Crippen LogP contribution >= 0.6 is 45.5 Å². The van der Waals surface area contributed by atoms with Gasteiger partial charge in [0, 0.05) is 16.5 Å². The molecule has 0 atom stereocenters. The summed E-state index contributed by atoms with van der Waals surface area (Å²) in [7, 11) is 0. The molecule has 0 radical (unpaired) electrons. The first-order valence-electron chi connectivity index (χ1n) is 5.52. The summed E-state index contributed by atoms with van der Waals surface area (Å²) >= 11 is 9.84. The number of aromatic nitrogens is 1. The second kappa shape index (κ2) is 5.34. The van der Waals surface area contributed by atoms with Crippen LogP contribution in [0.2, 0.25) is 5.02 Å². The average molecular weight is 421 g/mol. The summed E-state index contributed by atoms with van der Waals surface area (Å²) in [5, 5.41) is 5.91. The van der Waals surface area contributed by atoms with Gasteiger partial charge in [0.15, 0.2) is 11.6 Å². The highest BCUT2D eigenvalue weighted by Crippen LogP contribution is 2.42. The second-order valence-corrected chi connectivity index (χ2v) is 7.22. The molecule has 0 saturated heterocycles. The zero-order chi connectivity index (χ0) is 14.3. The highest BCUT2D eigenvalue weighted by atomic mass is 127. The molecule has 0 saturated carbocycles. The smallest absolute Gasteiger partial charge is 0.177 e. The van der Waals surface area contributed by atoms with E-state index in [9.17, 15) is 4.39 Å². The fraction of sp³-hybridized carbons (Fsp3) is 0. The Bertz CT molecular complexity index is 766. The van der Waals surface area contributed by atoms with Crippen LogP contribution in [-0.4, -0.2) is 5.16 Å². The molecule has 3 nitrogen and oxygen atoms in total. The monoisotopic (exact) mass is 420 g/mol. The molecule has 0 aliphatic heterocycles. The molecule has 0 fully saturated rings. The van der Waals surface area contributed by atoms with Gasteiger partial charge in [0.05, 0.1) is 13.5 Å². The molecule has 1 aromatic carbocycles. The Balaban J connectivity index is 2.27. The van der Waals surface area contributed by atoms with Gasteiger partial charge in [0.25, 0.3) is 0 Å². The van der Waals surface area contributed by atoms with Crippen molar-refractivity contribution in [3.8, 4) is 22.5 Å². The Morgan fingerprint density at radius 2 is 2.15 bits per heavy atom. The van der Waals surface area contributed by atoms with Crippen LogP contribution in [0.4, 0.5) is 10.2 Å². The van der Waals surface area contributed by atoms with Gasteiger partial charge in [-0.15, -0.1) is 11.3 Å². The third-order valence-electron chi connectivity index (χ3n) is 2.76. The summed E-state index contributed by atoms with van der Waals surface area (Å²) in [6.45, 7) is 0. The number of halogens is 3. The van der Waals surface area contributed by atoms with Gasteiger partial charge in [-0.25, -0.2) is 4.39 Å². The van der Waals surface area contributed by atoms with Crippen LogP contribution in [-0.2, 0) is 0 Å². The largest absolute Gasteiger partial charge is 0.380 e. The number of hydrogen-bond donors (Lipinski definition) is 1. The number of benzene rings is 1. The SMILES string of the molecule is Nc1noc(-c2csc(I)c2)c1-c1c(F)cccc1Cl. The molecule has 102 valence electrons. The van der Waals surface area contributed by atoms with Gasteiger partial charge in [-0.05, 0) is 40.8 Å². The van der Waals surface area contributed by atoms with Crippen molar-refractivity contribution >= 4 is 51.3 Å². The number of anilines is 1. The van der Waals surface area contributed by atoms with Crippen molar-refractivity contribution in [3.63, 3.8) is 0 Å². The van der Waals surface area contributed by atoms with Gasteiger partial charge in [-0.2, -0.15) is 0 Å². The van der Waals surface area contributed by atoms with Crippen LogP contribution in [0.15, 0.2) is 34.2 Å². The van der Waals surface area contributed by atoms with Crippen molar-refractivity contribution in [1.29, 1.82) is 0 Å². The Kier molecular flexibility index (Phi) is 3.70. The summed E-state index contributed by atoms with van der Waals surface area (Å²) in [5.74, 6) is 0.0838. The van der Waals surface area contributed by atoms with Gasteiger partial charge in [0.2, 0.25) is 0 Å². The normalized spacial score (nSPS) is 10.9. The quantitative estimate of drug-likeness (QED) is 0.590. The van der Waals surface area contributed by atoms with Crippen molar-refractivity contribution in [3.05, 3.63) is 43.4 Å². The van der Waals surface area contributed by atoms with Gasteiger partial charge in [-0.3, -0.25) is 0 Å². The summed E-state index contributed by atoms with van der Waals surface area (Å²) in [5.41, 5.74) is 7.23. The molecule has 2 aromatic heterocycles. The maximum atomic E-state index is 14.1. The number of hydrogen-bond acceptors (Lipinski definition) is 4. The van der Waals surface area contributed by atoms with Crippen LogP contribution in [0.1, 0.15) is 0 Å². The first-order chi connectivity index (χ1) is 9.58. The lowest BCUT2D eigenvalue weighted by Gasteiger charge is -2.05. The van der Waals surface area contributed by atoms with Gasteiger partial charge in [0.1, 0.15) is 5.82 Å². The fourth-order valence-electron chi connectivity index (χ4n) is 1.91. The molecule has 0 aliphatic carbocycles. The molecule has 3 aromatic rings. The van der Waals surface area contributed by atoms with Crippen molar-refractivity contribution in [1.82, 2.24) is 5.16 Å². The van der Waals surface area contributed by atoms with E-state index < -0.39 is 5.82 Å². The van der Waals surface area contributed by atoms with Crippen molar-refractivity contribution in [2.24, 2.45) is 0 Å². The average Bonchev–Trinajstić information content (AvgIpc) is 2.97. The molecule has 7 heteroatoms. The number of nitrogens with two attached hydrogens (primary N) is 1. The lowest BCUT2D eigenvalue weighted by molar-refractivity contribution is 0.436. The summed E-state index contributed by atoms with van der Waals surface area (Å²) in [4.78, 5) is 0. The topological polar surface area (TPSA) is 52.0 Å². The predicted molar refractivity (Wildman–Crippen MR) is 87.3 cm³/mol. The molecule has 3 rings (SSSR count). The molecule has 0 bridgehead atoms. The van der Waals surface area contributed by atoms with E-state index in [1.165, 1.54) is 12.1 Å². The molecule has 20 heavy (non-hydrogen) atoms. The lowest BCUT2D eigenvalue weighted by Crippen LogP contribution is -1.92. The lowest BCUT2D eigenvalue weighted by atomic mass is 10.0. The van der Waals surface area contributed by atoms with E-state index in [4.69, 9.17) is 21.9 Å². The Morgan fingerprint density at radius 1 is 1.35 bits per heavy atom. The van der Waals surface area contributed by atoms with Crippen molar-refractivity contribution in [2.45, 2.75) is 0 Å². The summed E-state index contributed by atoms with van der Waals surface area (Å²) < 4.78 is 20.4. The molecule has 0 unspecified atom stereocenters. The Hall–Kier alpha value is -1.12. The highest BCUT2D eigenvalue weighted by molar-refractivity contribution is 14.1. The number of nitrogen functional groups attached to an aromatic ring is 1. The van der Waals surface area contributed by atoms with Gasteiger partial charge >= 0.3 is 0 Å². The van der Waals surface area contributed by atoms with Crippen LogP contribution in [0, 0.1) is 8.70 Å². The van der Waals surface area contributed by atoms with Gasteiger partial charge < -0.3 is 10.3 Å². The molecular formula is C13H7ClFIN2OS. The fourth-order valence-corrected chi connectivity index (χ4v) is 3.49. The van der Waals surface area contributed by atoms with E-state index in [2.05, 4.69) is 27.7 Å². The zero-order valence-corrected chi connectivity index (χ0v) is 13.6. The molecule has 2 heterocycles. The van der Waals surface area contributed by atoms with Crippen molar-refractivity contribution in [2.75, 3.05) is 5.73 Å². The number of thiophene rings is 1. The number of nitrogens with zero attached hydrogens (tertiary/aromatic N) is 1. The first-order valence-corrected chi connectivity index (χ1v) is 7.85. The predicted octanol–water partition coefficient (Wildman–Crippen LogP) is 5.05. The third kappa shape index (κ3) is 2.32. The Morgan fingerprint density at radius 3 is 2.80 bits per heavy atom. The van der Waals surface area contributed by atoms with E-state index in [1.807, 2.05) is 11.4 Å². The molecule has 0 spiro atoms. The minimum absolute atomic E-state index is 0.119. The minimum Gasteiger partial charge on any atom is -0.380 e. The van der Waals surface area contributed by atoms with Crippen LogP contribution in [0.5, 0.6) is 0 Å². The van der Waals surface area contributed by atoms with E-state index in [-0.39, 0.29) is 16.4 Å². The van der Waals surface area contributed by atoms with Crippen molar-refractivity contribution < 1.29 is 8.91 Å². The van der Waals surface area contributed by atoms with E-state index in [0.29, 0.717) is 11.3 Å². The molecule has 0 amide bonds. The minimum atomic E-state index is -0.460. The zero-order valence-electron chi connectivity index (χ0n) is 9.86. The van der Waals surface area contributed by atoms with Gasteiger partial charge in [-0.1, -0.05) is 22.8 Å². The van der Waals surface area contributed by atoms with Crippen LogP contribution in [0.3, 0.4) is 0 Å². The standard InChI is InChI=1S/C13H7ClFIN2OS/c14-7-2-1-3-8(15)10(7)11-12(19-18-13(11)17)6-4-9(16)20-5-6/h1-5H,(H2,17,18). The van der Waals surface area contributed by atoms with Crippen LogP contribution < -0.4 is 5.73 Å². The highest BCUT2D eigenvalue weighted by Gasteiger charge is 2.23. The van der Waals surface area contributed by atoms with E-state index in [1.54, 1.807) is 17.4 Å². The van der Waals surface area contributed by atoms with Crippen LogP contribution in [0.25, 0.3) is 22.5 Å². The molecule has 0 aliphatic rings.